The molecule has 3 heteroatoms. The fraction of sp³-hybridized carbons (Fsp3) is 0.182. The number of carbonyl (C=O) groups is 1. The zero-order chi connectivity index (χ0) is 10.4. The fourth-order valence-corrected chi connectivity index (χ4v) is 0.973. The Morgan fingerprint density at radius 2 is 2.07 bits per heavy atom. The van der Waals surface area contributed by atoms with Gasteiger partial charge in [0.2, 0.25) is 0 Å². The van der Waals surface area contributed by atoms with E-state index in [1.807, 2.05) is 24.3 Å². The summed E-state index contributed by atoms with van der Waals surface area (Å²) in [5, 5.41) is 0. The number of nitrogens with two attached hydrogens (primary N) is 1. The molecule has 0 unspecified atom stereocenters. The lowest BCUT2D eigenvalue weighted by atomic mass is 10.1. The molecule has 2 N–H and O–H groups in total. The van der Waals surface area contributed by atoms with Crippen LogP contribution in [0.1, 0.15) is 11.1 Å². The molecule has 0 atom stereocenters. The first kappa shape index (κ1) is 10.5. The summed E-state index contributed by atoms with van der Waals surface area (Å²) in [7, 11) is 0. The van der Waals surface area contributed by atoms with E-state index in [0.717, 1.165) is 11.1 Å². The smallest absolute Gasteiger partial charge is 0.320 e. The van der Waals surface area contributed by atoms with E-state index in [-0.39, 0.29) is 13.2 Å². The molecule has 1 aromatic carbocycles. The molecule has 0 heterocycles. The fourth-order valence-electron chi connectivity index (χ4n) is 0.973. The predicted octanol–water partition coefficient (Wildman–Crippen LogP) is 1.33. The summed E-state index contributed by atoms with van der Waals surface area (Å²) in [5.74, 6) is -0.391. The van der Waals surface area contributed by atoms with E-state index in [0.29, 0.717) is 0 Å². The van der Waals surface area contributed by atoms with Crippen molar-refractivity contribution in [2.45, 2.75) is 6.61 Å². The highest BCUT2D eigenvalue weighted by Crippen LogP contribution is 2.06. The molecule has 1 rings (SSSR count). The van der Waals surface area contributed by atoms with E-state index in [2.05, 4.69) is 6.58 Å². The first-order valence-electron chi connectivity index (χ1n) is 4.33. The molecule has 0 amide bonds. The van der Waals surface area contributed by atoms with E-state index in [1.165, 1.54) is 0 Å². The van der Waals surface area contributed by atoms with Crippen molar-refractivity contribution < 1.29 is 9.53 Å². The molecule has 0 aliphatic carbocycles. The van der Waals surface area contributed by atoms with Gasteiger partial charge in [-0.15, -0.1) is 0 Å². The molecular formula is C11H13NO2. The molecule has 0 aliphatic rings. The van der Waals surface area contributed by atoms with Crippen molar-refractivity contribution in [2.24, 2.45) is 5.73 Å². The normalized spacial score (nSPS) is 9.50. The predicted molar refractivity (Wildman–Crippen MR) is 55.4 cm³/mol. The van der Waals surface area contributed by atoms with Crippen molar-refractivity contribution in [3.63, 3.8) is 0 Å². The number of ether oxygens (including phenoxy) is 1. The molecule has 14 heavy (non-hydrogen) atoms. The Hall–Kier alpha value is -1.61. The number of hydrogen-bond donors (Lipinski definition) is 1. The number of benzene rings is 1. The lowest BCUT2D eigenvalue weighted by molar-refractivity contribution is -0.143. The largest absolute Gasteiger partial charge is 0.460 e. The van der Waals surface area contributed by atoms with Gasteiger partial charge in [-0.25, -0.2) is 0 Å². The SMILES string of the molecule is C=Cc1ccc(COC(=O)CN)cc1. The molecular weight excluding hydrogens is 178 g/mol. The van der Waals surface area contributed by atoms with Crippen LogP contribution in [0.5, 0.6) is 0 Å². The topological polar surface area (TPSA) is 52.3 Å². The highest BCUT2D eigenvalue weighted by molar-refractivity contribution is 5.71. The van der Waals surface area contributed by atoms with Gasteiger partial charge in [-0.3, -0.25) is 4.79 Å². The van der Waals surface area contributed by atoms with E-state index >= 15 is 0 Å². The van der Waals surface area contributed by atoms with Gasteiger partial charge in [-0.2, -0.15) is 0 Å². The van der Waals surface area contributed by atoms with Gasteiger partial charge in [0.1, 0.15) is 6.61 Å². The van der Waals surface area contributed by atoms with Gasteiger partial charge in [-0.1, -0.05) is 36.9 Å². The number of esters is 1. The first-order valence-corrected chi connectivity index (χ1v) is 4.33. The molecule has 0 saturated carbocycles. The third kappa shape index (κ3) is 3.03. The Bertz CT molecular complexity index is 317. The Morgan fingerprint density at radius 1 is 1.43 bits per heavy atom. The van der Waals surface area contributed by atoms with E-state index in [1.54, 1.807) is 6.08 Å². The van der Waals surface area contributed by atoms with Gasteiger partial charge in [0.15, 0.2) is 0 Å². The highest BCUT2D eigenvalue weighted by Gasteiger charge is 1.99. The molecule has 3 nitrogen and oxygen atoms in total. The summed E-state index contributed by atoms with van der Waals surface area (Å²) in [4.78, 5) is 10.7. The highest BCUT2D eigenvalue weighted by atomic mass is 16.5. The summed E-state index contributed by atoms with van der Waals surface area (Å²) in [6, 6.07) is 7.61. The van der Waals surface area contributed by atoms with Crippen LogP contribution in [0.3, 0.4) is 0 Å². The van der Waals surface area contributed by atoms with Crippen molar-refractivity contribution >= 4 is 12.0 Å². The number of rotatable bonds is 4. The van der Waals surface area contributed by atoms with Crippen molar-refractivity contribution in [1.82, 2.24) is 0 Å². The van der Waals surface area contributed by atoms with Gasteiger partial charge in [-0.05, 0) is 11.1 Å². The van der Waals surface area contributed by atoms with Crippen LogP contribution >= 0.6 is 0 Å². The third-order valence-electron chi connectivity index (χ3n) is 1.78. The van der Waals surface area contributed by atoms with Gasteiger partial charge in [0.25, 0.3) is 0 Å². The number of hydrogen-bond acceptors (Lipinski definition) is 3. The van der Waals surface area contributed by atoms with Gasteiger partial charge >= 0.3 is 5.97 Å². The Labute approximate surface area is 83.2 Å². The van der Waals surface area contributed by atoms with Crippen LogP contribution in [0.15, 0.2) is 30.8 Å². The van der Waals surface area contributed by atoms with Gasteiger partial charge in [0.05, 0.1) is 6.54 Å². The summed E-state index contributed by atoms with van der Waals surface area (Å²) < 4.78 is 4.86. The monoisotopic (exact) mass is 191 g/mol. The molecule has 0 spiro atoms. The average molecular weight is 191 g/mol. The minimum absolute atomic E-state index is 0.0786. The maximum absolute atomic E-state index is 10.7. The van der Waals surface area contributed by atoms with E-state index < -0.39 is 5.97 Å². The third-order valence-corrected chi connectivity index (χ3v) is 1.78. The quantitative estimate of drug-likeness (QED) is 0.730. The summed E-state index contributed by atoms with van der Waals surface area (Å²) in [6.45, 7) is 3.84. The zero-order valence-electron chi connectivity index (χ0n) is 7.90. The van der Waals surface area contributed by atoms with Gasteiger partial charge < -0.3 is 10.5 Å². The van der Waals surface area contributed by atoms with Crippen LogP contribution in [0.4, 0.5) is 0 Å². The van der Waals surface area contributed by atoms with Crippen LogP contribution in [0.25, 0.3) is 6.08 Å². The molecule has 1 aromatic rings. The van der Waals surface area contributed by atoms with Crippen LogP contribution < -0.4 is 5.73 Å². The molecule has 74 valence electrons. The van der Waals surface area contributed by atoms with E-state index in [9.17, 15) is 4.79 Å². The summed E-state index contributed by atoms with van der Waals surface area (Å²) in [5.41, 5.74) is 7.08. The van der Waals surface area contributed by atoms with Crippen molar-refractivity contribution in [2.75, 3.05) is 6.54 Å². The molecule has 0 fully saturated rings. The van der Waals surface area contributed by atoms with Crippen LogP contribution in [-0.4, -0.2) is 12.5 Å². The molecule has 0 bridgehead atoms. The standard InChI is InChI=1S/C11H13NO2/c1-2-9-3-5-10(6-4-9)8-14-11(13)7-12/h2-6H,1,7-8,12H2. The minimum Gasteiger partial charge on any atom is -0.460 e. The van der Waals surface area contributed by atoms with Gasteiger partial charge in [0, 0.05) is 0 Å². The zero-order valence-corrected chi connectivity index (χ0v) is 7.90. The summed E-state index contributed by atoms with van der Waals surface area (Å²) in [6.07, 6.45) is 1.76. The van der Waals surface area contributed by atoms with Crippen LogP contribution in [0, 0.1) is 0 Å². The van der Waals surface area contributed by atoms with Crippen molar-refractivity contribution in [3.8, 4) is 0 Å². The molecule has 0 aliphatic heterocycles. The molecule has 0 saturated heterocycles. The average Bonchev–Trinajstić information content (AvgIpc) is 2.26. The molecule has 0 radical (unpaired) electrons. The van der Waals surface area contributed by atoms with E-state index in [4.69, 9.17) is 10.5 Å². The van der Waals surface area contributed by atoms with Crippen molar-refractivity contribution in [1.29, 1.82) is 0 Å². The van der Waals surface area contributed by atoms with Crippen LogP contribution in [0.2, 0.25) is 0 Å². The lowest BCUT2D eigenvalue weighted by Crippen LogP contribution is -2.16. The maximum Gasteiger partial charge on any atom is 0.320 e. The first-order chi connectivity index (χ1) is 6.76. The second-order valence-electron chi connectivity index (χ2n) is 2.81. The Kier molecular flexibility index (Phi) is 3.88. The summed E-state index contributed by atoms with van der Waals surface area (Å²) >= 11 is 0. The van der Waals surface area contributed by atoms with Crippen molar-refractivity contribution in [3.05, 3.63) is 42.0 Å². The Balaban J connectivity index is 2.51. The van der Waals surface area contributed by atoms with Crippen LogP contribution in [-0.2, 0) is 16.1 Å². The maximum atomic E-state index is 10.7. The Morgan fingerprint density at radius 3 is 2.57 bits per heavy atom. The lowest BCUT2D eigenvalue weighted by Gasteiger charge is -2.03. The number of carbonyl (C=O) groups excluding carboxylic acids is 1. The molecule has 0 aromatic heterocycles. The minimum atomic E-state index is -0.391. The second kappa shape index (κ2) is 5.19. The second-order valence-corrected chi connectivity index (χ2v) is 2.81.